The Hall–Kier alpha value is -4.38. The Balaban J connectivity index is 1.65. The second-order valence-electron chi connectivity index (χ2n) is 7.94. The van der Waals surface area contributed by atoms with E-state index < -0.39 is 6.09 Å². The molecule has 0 spiro atoms. The van der Waals surface area contributed by atoms with E-state index in [4.69, 9.17) is 14.2 Å². The molecule has 3 aromatic rings. The van der Waals surface area contributed by atoms with Gasteiger partial charge in [-0.15, -0.1) is 0 Å². The largest absolute Gasteiger partial charge is 0.497 e. The predicted molar refractivity (Wildman–Crippen MR) is 137 cm³/mol. The van der Waals surface area contributed by atoms with E-state index in [1.807, 2.05) is 19.0 Å². The number of amides is 2. The summed E-state index contributed by atoms with van der Waals surface area (Å²) in [4.78, 5) is 36.8. The van der Waals surface area contributed by atoms with Crippen molar-refractivity contribution in [1.29, 1.82) is 0 Å². The molecule has 0 unspecified atom stereocenters. The molecule has 2 N–H and O–H groups in total. The minimum absolute atomic E-state index is 0.144. The molecule has 0 saturated carbocycles. The second-order valence-corrected chi connectivity index (χ2v) is 7.94. The Bertz CT molecular complexity index is 1190. The Labute approximate surface area is 210 Å². The molecular weight excluding hydrogens is 464 g/mol. The van der Waals surface area contributed by atoms with Gasteiger partial charge in [-0.25, -0.2) is 9.78 Å². The lowest BCUT2D eigenvalue weighted by Gasteiger charge is -2.18. The SMILES string of the molecule is COc1ccc(OC)c(OC(=O)N(C)c2ccnc(Nc3ccc(C(=O)NCCN(C)C)cc3)n2)c1. The van der Waals surface area contributed by atoms with Crippen LogP contribution in [0.3, 0.4) is 0 Å². The van der Waals surface area contributed by atoms with E-state index in [1.54, 1.807) is 48.5 Å². The molecule has 0 aliphatic rings. The van der Waals surface area contributed by atoms with Gasteiger partial charge in [-0.3, -0.25) is 9.69 Å². The Morgan fingerprint density at radius 3 is 2.36 bits per heavy atom. The lowest BCUT2D eigenvalue weighted by atomic mass is 10.2. The maximum absolute atomic E-state index is 12.7. The zero-order chi connectivity index (χ0) is 26.1. The number of carbonyl (C=O) groups excluding carboxylic acids is 2. The van der Waals surface area contributed by atoms with Crippen molar-refractivity contribution in [2.45, 2.75) is 0 Å². The first kappa shape index (κ1) is 26.2. The fourth-order valence-corrected chi connectivity index (χ4v) is 3.05. The topological polar surface area (TPSA) is 118 Å². The van der Waals surface area contributed by atoms with Crippen LogP contribution in [0.25, 0.3) is 0 Å². The monoisotopic (exact) mass is 494 g/mol. The summed E-state index contributed by atoms with van der Waals surface area (Å²) in [6.45, 7) is 1.32. The standard InChI is InChI=1S/C25H30N6O5/c1-30(2)15-14-26-23(32)17-6-8-18(9-7-17)28-24-27-13-12-22(29-24)31(3)25(33)36-21-16-19(34-4)10-11-20(21)35-5/h6-13,16H,14-15H2,1-5H3,(H,26,32)(H,27,28,29). The van der Waals surface area contributed by atoms with Crippen LogP contribution >= 0.6 is 0 Å². The molecule has 1 aromatic heterocycles. The molecule has 36 heavy (non-hydrogen) atoms. The summed E-state index contributed by atoms with van der Waals surface area (Å²) >= 11 is 0. The molecule has 190 valence electrons. The van der Waals surface area contributed by atoms with E-state index in [2.05, 4.69) is 20.6 Å². The van der Waals surface area contributed by atoms with E-state index in [1.165, 1.54) is 32.4 Å². The van der Waals surface area contributed by atoms with Crippen molar-refractivity contribution >= 4 is 29.5 Å². The van der Waals surface area contributed by atoms with Crippen molar-refractivity contribution in [2.75, 3.05) is 58.7 Å². The van der Waals surface area contributed by atoms with Crippen LogP contribution in [-0.4, -0.2) is 75.3 Å². The highest BCUT2D eigenvalue weighted by Crippen LogP contribution is 2.32. The normalized spacial score (nSPS) is 10.5. The molecule has 0 bridgehead atoms. The zero-order valence-electron chi connectivity index (χ0n) is 20.9. The molecule has 0 aliphatic carbocycles. The lowest BCUT2D eigenvalue weighted by Crippen LogP contribution is -2.31. The van der Waals surface area contributed by atoms with Crippen LogP contribution in [0.4, 0.5) is 22.2 Å². The number of hydrogen-bond donors (Lipinski definition) is 2. The van der Waals surface area contributed by atoms with E-state index in [0.29, 0.717) is 35.1 Å². The maximum Gasteiger partial charge on any atom is 0.420 e. The van der Waals surface area contributed by atoms with Crippen molar-refractivity contribution in [3.63, 3.8) is 0 Å². The minimum atomic E-state index is -0.671. The van der Waals surface area contributed by atoms with Gasteiger partial charge in [0.25, 0.3) is 5.91 Å². The zero-order valence-corrected chi connectivity index (χ0v) is 20.9. The van der Waals surface area contributed by atoms with Crippen LogP contribution < -0.4 is 29.7 Å². The van der Waals surface area contributed by atoms with Gasteiger partial charge >= 0.3 is 6.09 Å². The highest BCUT2D eigenvalue weighted by molar-refractivity contribution is 5.94. The van der Waals surface area contributed by atoms with E-state index in [0.717, 1.165) is 6.54 Å². The summed E-state index contributed by atoms with van der Waals surface area (Å²) in [7, 11) is 8.42. The number of nitrogens with one attached hydrogen (secondary N) is 2. The smallest absolute Gasteiger partial charge is 0.420 e. The molecule has 11 heteroatoms. The Morgan fingerprint density at radius 2 is 1.69 bits per heavy atom. The van der Waals surface area contributed by atoms with Crippen molar-refractivity contribution in [3.05, 3.63) is 60.3 Å². The van der Waals surface area contributed by atoms with Crippen LogP contribution in [0.1, 0.15) is 10.4 Å². The first-order valence-corrected chi connectivity index (χ1v) is 11.1. The molecule has 2 aromatic carbocycles. The molecule has 0 atom stereocenters. The summed E-state index contributed by atoms with van der Waals surface area (Å²) < 4.78 is 15.9. The minimum Gasteiger partial charge on any atom is -0.497 e. The molecular formula is C25H30N6O5. The predicted octanol–water partition coefficient (Wildman–Crippen LogP) is 3.16. The number of carbonyl (C=O) groups is 2. The van der Waals surface area contributed by atoms with Gasteiger partial charge in [0.05, 0.1) is 14.2 Å². The number of anilines is 3. The molecule has 0 fully saturated rings. The fraction of sp³-hybridized carbons (Fsp3) is 0.280. The third-order valence-corrected chi connectivity index (χ3v) is 5.07. The number of benzene rings is 2. The van der Waals surface area contributed by atoms with Gasteiger partial charge in [0.1, 0.15) is 11.6 Å². The summed E-state index contributed by atoms with van der Waals surface area (Å²) in [5, 5.41) is 5.94. The molecule has 2 amide bonds. The number of methoxy groups -OCH3 is 2. The Morgan fingerprint density at radius 1 is 0.944 bits per heavy atom. The molecule has 11 nitrogen and oxygen atoms in total. The van der Waals surface area contributed by atoms with Gasteiger partial charge in [-0.2, -0.15) is 4.98 Å². The summed E-state index contributed by atoms with van der Waals surface area (Å²) in [6.07, 6.45) is 0.850. The maximum atomic E-state index is 12.7. The third-order valence-electron chi connectivity index (χ3n) is 5.07. The van der Waals surface area contributed by atoms with Gasteiger partial charge in [-0.05, 0) is 56.6 Å². The third kappa shape index (κ3) is 7.06. The quantitative estimate of drug-likeness (QED) is 0.438. The summed E-state index contributed by atoms with van der Waals surface area (Å²) in [5.74, 6) is 1.57. The van der Waals surface area contributed by atoms with Gasteiger partial charge in [-0.1, -0.05) is 0 Å². The van der Waals surface area contributed by atoms with Crippen LogP contribution in [0, 0.1) is 0 Å². The number of aromatic nitrogens is 2. The van der Waals surface area contributed by atoms with Crippen LogP contribution in [-0.2, 0) is 0 Å². The second kappa shape index (κ2) is 12.4. The van der Waals surface area contributed by atoms with Crippen molar-refractivity contribution in [2.24, 2.45) is 0 Å². The number of likely N-dealkylation sites (N-methyl/N-ethyl adjacent to an activating group) is 1. The highest BCUT2D eigenvalue weighted by atomic mass is 16.6. The molecule has 0 saturated heterocycles. The average Bonchev–Trinajstić information content (AvgIpc) is 2.88. The summed E-state index contributed by atoms with van der Waals surface area (Å²) in [6, 6.07) is 13.4. The van der Waals surface area contributed by atoms with E-state index in [-0.39, 0.29) is 17.6 Å². The van der Waals surface area contributed by atoms with Crippen molar-refractivity contribution < 1.29 is 23.8 Å². The van der Waals surface area contributed by atoms with Gasteiger partial charge in [0, 0.05) is 43.7 Å². The van der Waals surface area contributed by atoms with Crippen molar-refractivity contribution in [1.82, 2.24) is 20.2 Å². The molecule has 3 rings (SSSR count). The van der Waals surface area contributed by atoms with Crippen molar-refractivity contribution in [3.8, 4) is 17.2 Å². The van der Waals surface area contributed by atoms with Crippen LogP contribution in [0.2, 0.25) is 0 Å². The lowest BCUT2D eigenvalue weighted by molar-refractivity contribution is 0.0951. The molecule has 1 heterocycles. The number of nitrogens with zero attached hydrogens (tertiary/aromatic N) is 4. The van der Waals surface area contributed by atoms with Crippen LogP contribution in [0.5, 0.6) is 17.2 Å². The number of hydrogen-bond acceptors (Lipinski definition) is 9. The highest BCUT2D eigenvalue weighted by Gasteiger charge is 2.18. The fourth-order valence-electron chi connectivity index (χ4n) is 3.05. The van der Waals surface area contributed by atoms with E-state index >= 15 is 0 Å². The van der Waals surface area contributed by atoms with Gasteiger partial charge in [0.15, 0.2) is 11.5 Å². The first-order chi connectivity index (χ1) is 17.3. The number of ether oxygens (including phenoxy) is 3. The summed E-state index contributed by atoms with van der Waals surface area (Å²) in [5.41, 5.74) is 1.23. The molecule has 0 aliphatic heterocycles. The Kier molecular flexibility index (Phi) is 9.01. The number of rotatable bonds is 10. The van der Waals surface area contributed by atoms with E-state index in [9.17, 15) is 9.59 Å². The van der Waals surface area contributed by atoms with Gasteiger partial charge in [0.2, 0.25) is 5.95 Å². The first-order valence-electron chi connectivity index (χ1n) is 11.1. The van der Waals surface area contributed by atoms with Crippen LogP contribution in [0.15, 0.2) is 54.7 Å². The molecule has 0 radical (unpaired) electrons. The average molecular weight is 495 g/mol. The van der Waals surface area contributed by atoms with Gasteiger partial charge < -0.3 is 29.7 Å².